The van der Waals surface area contributed by atoms with E-state index in [-0.39, 0.29) is 16.3 Å². The normalized spacial score (nSPS) is 11.5. The lowest BCUT2D eigenvalue weighted by atomic mass is 10.0. The molecule has 0 bridgehead atoms. The third kappa shape index (κ3) is 4.77. The molecule has 162 valence electrons. The van der Waals surface area contributed by atoms with Crippen molar-refractivity contribution in [2.45, 2.75) is 49.9 Å². The van der Waals surface area contributed by atoms with Gasteiger partial charge in [-0.2, -0.15) is 0 Å². The predicted molar refractivity (Wildman–Crippen MR) is 121 cm³/mol. The van der Waals surface area contributed by atoms with Crippen molar-refractivity contribution in [3.63, 3.8) is 0 Å². The van der Waals surface area contributed by atoms with Crippen LogP contribution in [0, 0.1) is 13.8 Å². The maximum Gasteiger partial charge on any atom is 0.270 e. The van der Waals surface area contributed by atoms with Gasteiger partial charge in [-0.1, -0.05) is 44.2 Å². The van der Waals surface area contributed by atoms with Crippen molar-refractivity contribution >= 4 is 21.4 Å². The maximum absolute atomic E-state index is 13.1. The highest BCUT2D eigenvalue weighted by atomic mass is 32.2. The molecule has 6 nitrogen and oxygen atoms in total. The molecule has 0 fully saturated rings. The first-order valence-corrected chi connectivity index (χ1v) is 11.5. The molecular formula is C24H26N2O4S. The lowest BCUT2D eigenvalue weighted by Crippen LogP contribution is -2.33. The number of aromatic nitrogens is 1. The zero-order valence-electron chi connectivity index (χ0n) is 18.0. The Morgan fingerprint density at radius 2 is 1.61 bits per heavy atom. The smallest absolute Gasteiger partial charge is 0.270 e. The summed E-state index contributed by atoms with van der Waals surface area (Å²) in [7, 11) is -4.01. The molecule has 0 radical (unpaired) electrons. The van der Waals surface area contributed by atoms with Crippen LogP contribution in [0.2, 0.25) is 0 Å². The van der Waals surface area contributed by atoms with Gasteiger partial charge in [0.1, 0.15) is 11.4 Å². The van der Waals surface area contributed by atoms with E-state index in [1.54, 1.807) is 38.1 Å². The van der Waals surface area contributed by atoms with Gasteiger partial charge in [0.15, 0.2) is 0 Å². The number of nitrogens with one attached hydrogen (secondary N) is 1. The molecule has 0 aliphatic carbocycles. The van der Waals surface area contributed by atoms with Crippen molar-refractivity contribution in [1.82, 2.24) is 4.57 Å². The molecule has 1 heterocycles. The molecule has 0 saturated heterocycles. The second-order valence-electron chi connectivity index (χ2n) is 7.83. The van der Waals surface area contributed by atoms with E-state index in [2.05, 4.69) is 19.2 Å². The Kier molecular flexibility index (Phi) is 6.45. The van der Waals surface area contributed by atoms with Crippen molar-refractivity contribution in [1.29, 1.82) is 0 Å². The fraction of sp³-hybridized carbons (Fsp3) is 0.250. The Morgan fingerprint density at radius 3 is 2.19 bits per heavy atom. The Labute approximate surface area is 182 Å². The van der Waals surface area contributed by atoms with E-state index in [1.165, 1.54) is 16.7 Å². The van der Waals surface area contributed by atoms with Crippen LogP contribution < -0.4 is 10.9 Å². The maximum atomic E-state index is 13.1. The Morgan fingerprint density at radius 1 is 1.00 bits per heavy atom. The van der Waals surface area contributed by atoms with Crippen molar-refractivity contribution < 1.29 is 13.2 Å². The van der Waals surface area contributed by atoms with Gasteiger partial charge < -0.3 is 9.88 Å². The summed E-state index contributed by atoms with van der Waals surface area (Å²) in [5.41, 5.74) is 1.93. The molecule has 0 aliphatic rings. The highest BCUT2D eigenvalue weighted by Gasteiger charge is 2.26. The summed E-state index contributed by atoms with van der Waals surface area (Å²) in [4.78, 5) is 25.5. The van der Waals surface area contributed by atoms with Crippen LogP contribution in [0.3, 0.4) is 0 Å². The topological polar surface area (TPSA) is 85.2 Å². The lowest BCUT2D eigenvalue weighted by molar-refractivity contribution is -0.116. The van der Waals surface area contributed by atoms with Crippen LogP contribution in [0.5, 0.6) is 0 Å². The second-order valence-corrected chi connectivity index (χ2v) is 9.72. The predicted octanol–water partition coefficient (Wildman–Crippen LogP) is 4.06. The molecule has 0 saturated carbocycles. The van der Waals surface area contributed by atoms with E-state index in [9.17, 15) is 18.0 Å². The highest BCUT2D eigenvalue weighted by Crippen LogP contribution is 2.22. The van der Waals surface area contributed by atoms with Gasteiger partial charge in [-0.3, -0.25) is 9.59 Å². The number of hydrogen-bond donors (Lipinski definition) is 1. The van der Waals surface area contributed by atoms with Crippen LogP contribution in [0.15, 0.2) is 75.2 Å². The first-order valence-electron chi connectivity index (χ1n) is 10.0. The van der Waals surface area contributed by atoms with Crippen molar-refractivity contribution in [3.8, 4) is 0 Å². The van der Waals surface area contributed by atoms with Crippen LogP contribution in [0.25, 0.3) is 0 Å². The summed E-state index contributed by atoms with van der Waals surface area (Å²) in [6, 6.07) is 16.9. The molecule has 0 aliphatic heterocycles. The molecule has 31 heavy (non-hydrogen) atoms. The molecule has 1 N–H and O–H groups in total. The van der Waals surface area contributed by atoms with E-state index in [1.807, 2.05) is 24.3 Å². The highest BCUT2D eigenvalue weighted by molar-refractivity contribution is 7.91. The van der Waals surface area contributed by atoms with Crippen molar-refractivity contribution in [2.75, 3.05) is 5.32 Å². The van der Waals surface area contributed by atoms with Gasteiger partial charge in [0.05, 0.1) is 4.90 Å². The summed E-state index contributed by atoms with van der Waals surface area (Å²) in [5, 5.41) is 2.77. The van der Waals surface area contributed by atoms with Gasteiger partial charge in [-0.05, 0) is 61.2 Å². The van der Waals surface area contributed by atoms with Crippen molar-refractivity contribution in [3.05, 3.63) is 87.8 Å². The number of rotatable bonds is 6. The SMILES string of the molecule is Cc1cc(C)n(CC(=O)Nc2ccc(C(C)C)cc2)c(=O)c1S(=O)(=O)c1ccccc1. The minimum absolute atomic E-state index is 0.0419. The van der Waals surface area contributed by atoms with Crippen LogP contribution in [-0.4, -0.2) is 18.9 Å². The molecule has 0 unspecified atom stereocenters. The Balaban J connectivity index is 1.93. The standard InChI is InChI=1S/C24H26N2O4S/c1-16(2)19-10-12-20(13-11-19)25-22(27)15-26-18(4)14-17(3)23(24(26)28)31(29,30)21-8-6-5-7-9-21/h5-14,16H,15H2,1-4H3,(H,25,27). The number of anilines is 1. The van der Waals surface area contributed by atoms with E-state index in [0.717, 1.165) is 5.56 Å². The minimum Gasteiger partial charge on any atom is -0.325 e. The number of sulfone groups is 1. The fourth-order valence-corrected chi connectivity index (χ4v) is 5.02. The van der Waals surface area contributed by atoms with Gasteiger partial charge in [-0.15, -0.1) is 0 Å². The third-order valence-electron chi connectivity index (χ3n) is 5.13. The molecule has 3 aromatic rings. The second kappa shape index (κ2) is 8.89. The number of nitrogens with zero attached hydrogens (tertiary/aromatic N) is 1. The molecule has 3 rings (SSSR count). The summed E-state index contributed by atoms with van der Waals surface area (Å²) in [6.45, 7) is 7.15. The molecule has 7 heteroatoms. The Bertz CT molecular complexity index is 1260. The molecule has 2 aromatic carbocycles. The number of pyridine rings is 1. The van der Waals surface area contributed by atoms with Crippen LogP contribution in [0.1, 0.15) is 36.6 Å². The summed E-state index contributed by atoms with van der Waals surface area (Å²) < 4.78 is 27.4. The van der Waals surface area contributed by atoms with Gasteiger partial charge in [0.25, 0.3) is 5.56 Å². The van der Waals surface area contributed by atoms with Crippen molar-refractivity contribution in [2.24, 2.45) is 0 Å². The Hall–Kier alpha value is -3.19. The third-order valence-corrected chi connectivity index (χ3v) is 7.06. The lowest BCUT2D eigenvalue weighted by Gasteiger charge is -2.15. The van der Waals surface area contributed by atoms with E-state index in [0.29, 0.717) is 22.9 Å². The molecule has 1 aromatic heterocycles. The van der Waals surface area contributed by atoms with Gasteiger partial charge >= 0.3 is 0 Å². The van der Waals surface area contributed by atoms with E-state index in [4.69, 9.17) is 0 Å². The summed E-state index contributed by atoms with van der Waals surface area (Å²) in [6.07, 6.45) is 0. The zero-order valence-corrected chi connectivity index (χ0v) is 18.9. The average molecular weight is 439 g/mol. The van der Waals surface area contributed by atoms with E-state index < -0.39 is 21.3 Å². The van der Waals surface area contributed by atoms with Gasteiger partial charge in [0.2, 0.25) is 15.7 Å². The quantitative estimate of drug-likeness (QED) is 0.629. The number of hydrogen-bond acceptors (Lipinski definition) is 4. The zero-order chi connectivity index (χ0) is 22.8. The number of aryl methyl sites for hydroxylation is 2. The molecule has 0 atom stereocenters. The largest absolute Gasteiger partial charge is 0.325 e. The summed E-state index contributed by atoms with van der Waals surface area (Å²) >= 11 is 0. The number of benzene rings is 2. The molecular weight excluding hydrogens is 412 g/mol. The first kappa shape index (κ1) is 22.5. The van der Waals surface area contributed by atoms with Crippen LogP contribution in [-0.2, 0) is 21.2 Å². The number of carbonyl (C=O) groups is 1. The van der Waals surface area contributed by atoms with E-state index >= 15 is 0 Å². The van der Waals surface area contributed by atoms with Crippen LogP contribution in [0.4, 0.5) is 5.69 Å². The molecule has 1 amide bonds. The van der Waals surface area contributed by atoms with Gasteiger partial charge in [-0.25, -0.2) is 8.42 Å². The number of amides is 1. The van der Waals surface area contributed by atoms with Gasteiger partial charge in [0, 0.05) is 11.4 Å². The fourth-order valence-electron chi connectivity index (χ4n) is 3.44. The molecule has 0 spiro atoms. The first-order chi connectivity index (χ1) is 14.6. The number of carbonyl (C=O) groups excluding carboxylic acids is 1. The minimum atomic E-state index is -4.01. The van der Waals surface area contributed by atoms with Crippen LogP contribution >= 0.6 is 0 Å². The monoisotopic (exact) mass is 438 g/mol. The summed E-state index contributed by atoms with van der Waals surface area (Å²) in [5.74, 6) is -0.0297. The average Bonchev–Trinajstić information content (AvgIpc) is 2.72.